The number of hydrogen-bond acceptors (Lipinski definition) is 3. The van der Waals surface area contributed by atoms with Crippen molar-refractivity contribution in [3.05, 3.63) is 52.3 Å². The summed E-state index contributed by atoms with van der Waals surface area (Å²) < 4.78 is 43.8. The van der Waals surface area contributed by atoms with Crippen molar-refractivity contribution in [1.82, 2.24) is 4.98 Å². The molecule has 0 fully saturated rings. The quantitative estimate of drug-likeness (QED) is 0.912. The molecule has 3 nitrogen and oxygen atoms in total. The highest BCUT2D eigenvalue weighted by Crippen LogP contribution is 2.32. The van der Waals surface area contributed by atoms with Gasteiger partial charge in [-0.1, -0.05) is 15.9 Å². The van der Waals surface area contributed by atoms with Gasteiger partial charge in [-0.2, -0.15) is 13.2 Å². The molecule has 1 aromatic carbocycles. The van der Waals surface area contributed by atoms with E-state index in [0.29, 0.717) is 21.5 Å². The number of anilines is 1. The number of ether oxygens (including phenoxy) is 1. The molecule has 0 amide bonds. The molecule has 20 heavy (non-hydrogen) atoms. The molecule has 1 aromatic heterocycles. The van der Waals surface area contributed by atoms with Crippen LogP contribution in [0.15, 0.2) is 41.1 Å². The lowest BCUT2D eigenvalue weighted by Crippen LogP contribution is -2.07. The van der Waals surface area contributed by atoms with E-state index in [1.807, 2.05) is 0 Å². The van der Waals surface area contributed by atoms with Gasteiger partial charge in [0.2, 0.25) is 0 Å². The third kappa shape index (κ3) is 3.41. The smallest absolute Gasteiger partial charge is 0.416 e. The summed E-state index contributed by atoms with van der Waals surface area (Å²) in [5.41, 5.74) is 5.70. The normalized spacial score (nSPS) is 11.4. The molecule has 2 rings (SSSR count). The minimum Gasteiger partial charge on any atom is -0.485 e. The van der Waals surface area contributed by atoms with Crippen LogP contribution in [0.5, 0.6) is 5.75 Å². The number of nitrogens with two attached hydrogens (primary N) is 1. The maximum atomic E-state index is 12.6. The first kappa shape index (κ1) is 14.6. The van der Waals surface area contributed by atoms with Crippen LogP contribution in [0.1, 0.15) is 11.1 Å². The monoisotopic (exact) mass is 346 g/mol. The third-order valence-electron chi connectivity index (χ3n) is 2.57. The zero-order valence-electron chi connectivity index (χ0n) is 10.1. The second-order valence-electron chi connectivity index (χ2n) is 4.01. The number of aromatic nitrogens is 1. The Kier molecular flexibility index (Phi) is 4.17. The number of nitrogens with zero attached hydrogens (tertiary/aromatic N) is 1. The first-order valence-electron chi connectivity index (χ1n) is 5.56. The zero-order valence-corrected chi connectivity index (χ0v) is 11.7. The van der Waals surface area contributed by atoms with Crippen molar-refractivity contribution in [2.45, 2.75) is 12.8 Å². The Bertz CT molecular complexity index is 617. The molecule has 1 heterocycles. The Morgan fingerprint density at radius 1 is 1.25 bits per heavy atom. The summed E-state index contributed by atoms with van der Waals surface area (Å²) in [4.78, 5) is 3.84. The molecule has 0 aliphatic heterocycles. The molecule has 0 saturated carbocycles. The highest BCUT2D eigenvalue weighted by atomic mass is 79.9. The molecule has 0 spiro atoms. The molecule has 0 radical (unpaired) electrons. The Morgan fingerprint density at radius 2 is 2.00 bits per heavy atom. The van der Waals surface area contributed by atoms with Gasteiger partial charge in [0.15, 0.2) is 5.75 Å². The Morgan fingerprint density at radius 3 is 2.65 bits per heavy atom. The number of hydrogen-bond donors (Lipinski definition) is 1. The molecule has 0 atom stereocenters. The van der Waals surface area contributed by atoms with Gasteiger partial charge in [-0.25, -0.2) is 0 Å². The van der Waals surface area contributed by atoms with Gasteiger partial charge in [-0.15, -0.1) is 0 Å². The van der Waals surface area contributed by atoms with E-state index in [4.69, 9.17) is 10.5 Å². The first-order chi connectivity index (χ1) is 9.38. The molecule has 106 valence electrons. The lowest BCUT2D eigenvalue weighted by molar-refractivity contribution is -0.137. The second-order valence-corrected chi connectivity index (χ2v) is 4.86. The summed E-state index contributed by atoms with van der Waals surface area (Å²) in [6.45, 7) is -0.0413. The molecule has 0 unspecified atom stereocenters. The average Bonchev–Trinajstić information content (AvgIpc) is 2.38. The summed E-state index contributed by atoms with van der Waals surface area (Å²) in [6.07, 6.45) is -1.47. The molecule has 0 aliphatic carbocycles. The SMILES string of the molecule is Nc1ccncc1OCc1cc(C(F)(F)F)ccc1Br. The van der Waals surface area contributed by atoms with Crippen LogP contribution < -0.4 is 10.5 Å². The van der Waals surface area contributed by atoms with Gasteiger partial charge >= 0.3 is 6.18 Å². The van der Waals surface area contributed by atoms with Crippen LogP contribution in [0, 0.1) is 0 Å². The topological polar surface area (TPSA) is 48.1 Å². The lowest BCUT2D eigenvalue weighted by Gasteiger charge is -2.12. The van der Waals surface area contributed by atoms with Crippen molar-refractivity contribution in [1.29, 1.82) is 0 Å². The first-order valence-corrected chi connectivity index (χ1v) is 6.35. The van der Waals surface area contributed by atoms with E-state index in [0.717, 1.165) is 12.1 Å². The van der Waals surface area contributed by atoms with Crippen LogP contribution in [-0.4, -0.2) is 4.98 Å². The number of rotatable bonds is 3. The third-order valence-corrected chi connectivity index (χ3v) is 3.35. The van der Waals surface area contributed by atoms with E-state index in [2.05, 4.69) is 20.9 Å². The van der Waals surface area contributed by atoms with E-state index in [1.54, 1.807) is 6.07 Å². The van der Waals surface area contributed by atoms with Crippen molar-refractivity contribution in [3.63, 3.8) is 0 Å². The van der Waals surface area contributed by atoms with E-state index < -0.39 is 11.7 Å². The van der Waals surface area contributed by atoms with E-state index in [9.17, 15) is 13.2 Å². The van der Waals surface area contributed by atoms with E-state index in [1.165, 1.54) is 18.5 Å². The van der Waals surface area contributed by atoms with Crippen LogP contribution in [0.4, 0.5) is 18.9 Å². The molecule has 2 aromatic rings. The summed E-state index contributed by atoms with van der Waals surface area (Å²) >= 11 is 3.20. The number of halogens is 4. The average molecular weight is 347 g/mol. The zero-order chi connectivity index (χ0) is 14.8. The molecule has 0 aliphatic rings. The van der Waals surface area contributed by atoms with Crippen LogP contribution >= 0.6 is 15.9 Å². The summed E-state index contributed by atoms with van der Waals surface area (Å²) in [6, 6.07) is 4.94. The maximum absolute atomic E-state index is 12.6. The highest BCUT2D eigenvalue weighted by molar-refractivity contribution is 9.10. The largest absolute Gasteiger partial charge is 0.485 e. The standard InChI is InChI=1S/C13H10BrF3N2O/c14-10-2-1-9(13(15,16)17)5-8(10)7-20-12-6-19-4-3-11(12)18/h1-6H,7H2,(H2,18,19). The maximum Gasteiger partial charge on any atom is 0.416 e. The van der Waals surface area contributed by atoms with Gasteiger partial charge in [0.05, 0.1) is 17.4 Å². The van der Waals surface area contributed by atoms with Crippen LogP contribution in [-0.2, 0) is 12.8 Å². The van der Waals surface area contributed by atoms with Gasteiger partial charge in [-0.3, -0.25) is 4.98 Å². The van der Waals surface area contributed by atoms with Crippen molar-refractivity contribution < 1.29 is 17.9 Å². The number of pyridine rings is 1. The molecular weight excluding hydrogens is 337 g/mol. The fourth-order valence-electron chi connectivity index (χ4n) is 1.53. The summed E-state index contributed by atoms with van der Waals surface area (Å²) in [5, 5.41) is 0. The summed E-state index contributed by atoms with van der Waals surface area (Å²) in [7, 11) is 0. The van der Waals surface area contributed by atoms with E-state index in [-0.39, 0.29) is 6.61 Å². The Labute approximate surface area is 121 Å². The van der Waals surface area contributed by atoms with Crippen LogP contribution in [0.25, 0.3) is 0 Å². The van der Waals surface area contributed by atoms with E-state index >= 15 is 0 Å². The number of nitrogen functional groups attached to an aromatic ring is 1. The van der Waals surface area contributed by atoms with Gasteiger partial charge in [0, 0.05) is 16.2 Å². The van der Waals surface area contributed by atoms with Crippen molar-refractivity contribution in [2.24, 2.45) is 0 Å². The number of benzene rings is 1. The predicted octanol–water partition coefficient (Wildman–Crippen LogP) is 4.02. The minimum absolute atomic E-state index is 0.0413. The van der Waals surface area contributed by atoms with Gasteiger partial charge in [-0.05, 0) is 24.3 Å². The molecule has 0 saturated heterocycles. The van der Waals surface area contributed by atoms with Gasteiger partial charge < -0.3 is 10.5 Å². The van der Waals surface area contributed by atoms with Gasteiger partial charge in [0.25, 0.3) is 0 Å². The fourth-order valence-corrected chi connectivity index (χ4v) is 1.89. The summed E-state index contributed by atoms with van der Waals surface area (Å²) in [5.74, 6) is 0.330. The fraction of sp³-hybridized carbons (Fsp3) is 0.154. The second kappa shape index (κ2) is 5.70. The van der Waals surface area contributed by atoms with Crippen molar-refractivity contribution in [2.75, 3.05) is 5.73 Å². The van der Waals surface area contributed by atoms with Crippen molar-refractivity contribution >= 4 is 21.6 Å². The van der Waals surface area contributed by atoms with Crippen molar-refractivity contribution in [3.8, 4) is 5.75 Å². The predicted molar refractivity (Wildman–Crippen MR) is 72.1 cm³/mol. The lowest BCUT2D eigenvalue weighted by atomic mass is 10.1. The highest BCUT2D eigenvalue weighted by Gasteiger charge is 2.30. The Balaban J connectivity index is 2.19. The number of alkyl halides is 3. The minimum atomic E-state index is -4.39. The molecule has 0 bridgehead atoms. The van der Waals surface area contributed by atoms with Crippen LogP contribution in [0.3, 0.4) is 0 Å². The Hall–Kier alpha value is -1.76. The molecule has 2 N–H and O–H groups in total. The molecule has 7 heteroatoms. The van der Waals surface area contributed by atoms with Gasteiger partial charge in [0.1, 0.15) is 6.61 Å². The van der Waals surface area contributed by atoms with Crippen LogP contribution in [0.2, 0.25) is 0 Å². The molecular formula is C13H10BrF3N2O.